The highest BCUT2D eigenvalue weighted by molar-refractivity contribution is 14.1. The van der Waals surface area contributed by atoms with Gasteiger partial charge in [0, 0.05) is 10.1 Å². The highest BCUT2D eigenvalue weighted by atomic mass is 127. The molecule has 1 aromatic carbocycles. The average Bonchev–Trinajstić information content (AvgIpc) is 2.32. The van der Waals surface area contributed by atoms with E-state index in [2.05, 4.69) is 34.8 Å². The molecule has 0 aromatic heterocycles. The summed E-state index contributed by atoms with van der Waals surface area (Å²) in [7, 11) is 1.59. The fraction of sp³-hybridized carbons (Fsp3) is 0.462. The van der Waals surface area contributed by atoms with Gasteiger partial charge in [-0.15, -0.1) is 0 Å². The van der Waals surface area contributed by atoms with Crippen LogP contribution in [0.4, 0.5) is 0 Å². The summed E-state index contributed by atoms with van der Waals surface area (Å²) in [5.74, 6) is 0.574. The molecule has 0 fully saturated rings. The maximum absolute atomic E-state index is 12.0. The smallest absolute Gasteiger partial charge is 0.255 e. The summed E-state index contributed by atoms with van der Waals surface area (Å²) in [6.45, 7) is 4.81. The van der Waals surface area contributed by atoms with Crippen molar-refractivity contribution in [1.29, 1.82) is 0 Å². The molecule has 0 bridgehead atoms. The number of nitrogens with one attached hydrogen (secondary N) is 1. The van der Waals surface area contributed by atoms with E-state index in [-0.39, 0.29) is 5.91 Å². The van der Waals surface area contributed by atoms with E-state index in [9.17, 15) is 4.79 Å². The van der Waals surface area contributed by atoms with Crippen LogP contribution in [0.5, 0.6) is 5.75 Å². The molecule has 0 radical (unpaired) electrons. The highest BCUT2D eigenvalue weighted by Gasteiger charge is 2.13. The first-order valence-corrected chi connectivity index (χ1v) is 6.80. The second kappa shape index (κ2) is 6.83. The third kappa shape index (κ3) is 3.87. The predicted octanol–water partition coefficient (Wildman–Crippen LogP) is 3.14. The average molecular weight is 347 g/mol. The molecule has 0 heterocycles. The van der Waals surface area contributed by atoms with E-state index in [1.165, 1.54) is 0 Å². The van der Waals surface area contributed by atoms with Crippen LogP contribution in [-0.4, -0.2) is 19.6 Å². The Hall–Kier alpha value is -0.780. The number of carbonyl (C=O) groups is 1. The van der Waals surface area contributed by atoms with Crippen molar-refractivity contribution in [2.75, 3.05) is 13.7 Å². The third-order valence-electron chi connectivity index (χ3n) is 2.54. The Morgan fingerprint density at radius 2 is 2.18 bits per heavy atom. The van der Waals surface area contributed by atoms with Gasteiger partial charge in [0.25, 0.3) is 5.91 Å². The number of methoxy groups -OCH3 is 1. The standard InChI is InChI=1S/C13H18INO2/c1-4-5-6-15-13(16)10-8-11(14)9(2)7-12(10)17-3/h7-8H,4-6H2,1-3H3,(H,15,16). The van der Waals surface area contributed by atoms with Gasteiger partial charge in [-0.1, -0.05) is 13.3 Å². The summed E-state index contributed by atoms with van der Waals surface area (Å²) in [5.41, 5.74) is 1.73. The molecule has 17 heavy (non-hydrogen) atoms. The van der Waals surface area contributed by atoms with Crippen LogP contribution < -0.4 is 10.1 Å². The van der Waals surface area contributed by atoms with Gasteiger partial charge < -0.3 is 10.1 Å². The lowest BCUT2D eigenvalue weighted by molar-refractivity contribution is 0.0950. The van der Waals surface area contributed by atoms with Gasteiger partial charge in [0.05, 0.1) is 12.7 Å². The third-order valence-corrected chi connectivity index (χ3v) is 3.70. The number of carbonyl (C=O) groups excluding carboxylic acids is 1. The van der Waals surface area contributed by atoms with Gasteiger partial charge in [0.2, 0.25) is 0 Å². The Labute approximate surface area is 116 Å². The first-order chi connectivity index (χ1) is 8.10. The van der Waals surface area contributed by atoms with Crippen LogP contribution in [0.1, 0.15) is 35.7 Å². The summed E-state index contributed by atoms with van der Waals surface area (Å²) < 4.78 is 6.32. The van der Waals surface area contributed by atoms with Crippen molar-refractivity contribution in [3.63, 3.8) is 0 Å². The zero-order valence-electron chi connectivity index (χ0n) is 10.5. The Balaban J connectivity index is 2.88. The lowest BCUT2D eigenvalue weighted by atomic mass is 10.1. The summed E-state index contributed by atoms with van der Waals surface area (Å²) in [4.78, 5) is 12.0. The van der Waals surface area contributed by atoms with E-state index in [0.717, 1.165) is 22.0 Å². The topological polar surface area (TPSA) is 38.3 Å². The Morgan fingerprint density at radius 1 is 1.47 bits per heavy atom. The molecule has 0 aliphatic carbocycles. The lowest BCUT2D eigenvalue weighted by Crippen LogP contribution is -2.25. The molecular weight excluding hydrogens is 329 g/mol. The molecule has 0 spiro atoms. The van der Waals surface area contributed by atoms with E-state index in [1.807, 2.05) is 19.1 Å². The van der Waals surface area contributed by atoms with Crippen LogP contribution in [0, 0.1) is 10.5 Å². The molecule has 0 aliphatic heterocycles. The molecule has 1 rings (SSSR count). The SMILES string of the molecule is CCCCNC(=O)c1cc(I)c(C)cc1OC. The molecular formula is C13H18INO2. The number of hydrogen-bond donors (Lipinski definition) is 1. The highest BCUT2D eigenvalue weighted by Crippen LogP contribution is 2.24. The van der Waals surface area contributed by atoms with E-state index in [4.69, 9.17) is 4.74 Å². The zero-order chi connectivity index (χ0) is 12.8. The molecule has 94 valence electrons. The Kier molecular flexibility index (Phi) is 5.74. The maximum Gasteiger partial charge on any atom is 0.255 e. The second-order valence-corrected chi connectivity index (χ2v) is 5.07. The number of amides is 1. The monoisotopic (exact) mass is 347 g/mol. The van der Waals surface area contributed by atoms with Gasteiger partial charge in [0.15, 0.2) is 0 Å². The number of aryl methyl sites for hydroxylation is 1. The van der Waals surface area contributed by atoms with Gasteiger partial charge in [0.1, 0.15) is 5.75 Å². The van der Waals surface area contributed by atoms with Crippen molar-refractivity contribution in [3.8, 4) is 5.75 Å². The molecule has 1 N–H and O–H groups in total. The van der Waals surface area contributed by atoms with Gasteiger partial charge in [-0.05, 0) is 53.6 Å². The van der Waals surface area contributed by atoms with Crippen molar-refractivity contribution < 1.29 is 9.53 Å². The van der Waals surface area contributed by atoms with Crippen molar-refractivity contribution in [3.05, 3.63) is 26.8 Å². The molecule has 4 heteroatoms. The van der Waals surface area contributed by atoms with Gasteiger partial charge in [-0.25, -0.2) is 0 Å². The van der Waals surface area contributed by atoms with Crippen LogP contribution in [-0.2, 0) is 0 Å². The molecule has 0 aliphatic rings. The molecule has 0 saturated carbocycles. The van der Waals surface area contributed by atoms with E-state index >= 15 is 0 Å². The minimum Gasteiger partial charge on any atom is -0.496 e. The zero-order valence-corrected chi connectivity index (χ0v) is 12.6. The molecule has 0 unspecified atom stereocenters. The van der Waals surface area contributed by atoms with Crippen LogP contribution in [0.25, 0.3) is 0 Å². The molecule has 1 aromatic rings. The second-order valence-electron chi connectivity index (χ2n) is 3.91. The van der Waals surface area contributed by atoms with Gasteiger partial charge >= 0.3 is 0 Å². The largest absolute Gasteiger partial charge is 0.496 e. The van der Waals surface area contributed by atoms with E-state index in [0.29, 0.717) is 17.9 Å². The lowest BCUT2D eigenvalue weighted by Gasteiger charge is -2.11. The normalized spacial score (nSPS) is 10.1. The van der Waals surface area contributed by atoms with Crippen molar-refractivity contribution in [2.45, 2.75) is 26.7 Å². The predicted molar refractivity (Wildman–Crippen MR) is 77.7 cm³/mol. The number of unbranched alkanes of at least 4 members (excludes halogenated alkanes) is 1. The number of halogens is 1. The van der Waals surface area contributed by atoms with Crippen molar-refractivity contribution in [2.24, 2.45) is 0 Å². The van der Waals surface area contributed by atoms with Crippen molar-refractivity contribution in [1.82, 2.24) is 5.32 Å². The fourth-order valence-electron chi connectivity index (χ4n) is 1.48. The molecule has 0 atom stereocenters. The Morgan fingerprint density at radius 3 is 2.76 bits per heavy atom. The van der Waals surface area contributed by atoms with Crippen LogP contribution >= 0.6 is 22.6 Å². The first kappa shape index (κ1) is 14.3. The minimum absolute atomic E-state index is 0.0618. The summed E-state index contributed by atoms with van der Waals surface area (Å²) in [6, 6.07) is 3.77. The summed E-state index contributed by atoms with van der Waals surface area (Å²) in [6.07, 6.45) is 2.07. The van der Waals surface area contributed by atoms with Crippen molar-refractivity contribution >= 4 is 28.5 Å². The first-order valence-electron chi connectivity index (χ1n) is 5.72. The van der Waals surface area contributed by atoms with Gasteiger partial charge in [-0.3, -0.25) is 4.79 Å². The molecule has 1 amide bonds. The number of ether oxygens (including phenoxy) is 1. The molecule has 3 nitrogen and oxygen atoms in total. The minimum atomic E-state index is -0.0618. The quantitative estimate of drug-likeness (QED) is 0.657. The van der Waals surface area contributed by atoms with Crippen LogP contribution in [0.15, 0.2) is 12.1 Å². The van der Waals surface area contributed by atoms with E-state index < -0.39 is 0 Å². The van der Waals surface area contributed by atoms with Gasteiger partial charge in [-0.2, -0.15) is 0 Å². The number of hydrogen-bond acceptors (Lipinski definition) is 2. The van der Waals surface area contributed by atoms with E-state index in [1.54, 1.807) is 7.11 Å². The Bertz CT molecular complexity index is 405. The summed E-state index contributed by atoms with van der Waals surface area (Å²) in [5, 5.41) is 2.90. The number of rotatable bonds is 5. The molecule has 0 saturated heterocycles. The summed E-state index contributed by atoms with van der Waals surface area (Å²) >= 11 is 2.23. The maximum atomic E-state index is 12.0. The number of benzene rings is 1. The van der Waals surface area contributed by atoms with Crippen LogP contribution in [0.2, 0.25) is 0 Å². The fourth-order valence-corrected chi connectivity index (χ4v) is 1.94. The van der Waals surface area contributed by atoms with Crippen LogP contribution in [0.3, 0.4) is 0 Å².